The molecule has 0 bridgehead atoms. The molecule has 1 saturated heterocycles. The van der Waals surface area contributed by atoms with Crippen LogP contribution >= 0.6 is 0 Å². The van der Waals surface area contributed by atoms with Gasteiger partial charge >= 0.3 is 0 Å². The molecule has 4 heteroatoms. The molecule has 0 atom stereocenters. The van der Waals surface area contributed by atoms with Gasteiger partial charge in [0.15, 0.2) is 0 Å². The summed E-state index contributed by atoms with van der Waals surface area (Å²) in [7, 11) is 1.93. The van der Waals surface area contributed by atoms with Crippen molar-refractivity contribution in [3.05, 3.63) is 33.6 Å². The molecular weight excluding hydrogens is 274 g/mol. The van der Waals surface area contributed by atoms with Gasteiger partial charge in [0.25, 0.3) is 0 Å². The molecule has 0 unspecified atom stereocenters. The Hall–Kier alpha value is -1.68. The Labute approximate surface area is 134 Å². The molecule has 1 aliphatic heterocycles. The number of hydrogen-bond donors (Lipinski definition) is 1. The van der Waals surface area contributed by atoms with Gasteiger partial charge in [-0.2, -0.15) is 10.2 Å². The van der Waals surface area contributed by atoms with E-state index in [0.717, 1.165) is 47.2 Å². The third-order valence-electron chi connectivity index (χ3n) is 3.55. The van der Waals surface area contributed by atoms with E-state index in [9.17, 15) is 0 Å². The van der Waals surface area contributed by atoms with Crippen molar-refractivity contribution in [1.29, 1.82) is 0 Å². The molecule has 1 aromatic heterocycles. The quantitative estimate of drug-likeness (QED) is 0.927. The SMILES string of the molecule is C/C=c1/c(C)nnc(C)/c1=C/C(=C/CC)NC.C1CCOC1. The maximum absolute atomic E-state index is 4.94. The highest BCUT2D eigenvalue weighted by molar-refractivity contribution is 5.47. The predicted molar refractivity (Wildman–Crippen MR) is 92.8 cm³/mol. The van der Waals surface area contributed by atoms with Crippen LogP contribution in [0.2, 0.25) is 0 Å². The van der Waals surface area contributed by atoms with Crippen LogP contribution in [0.15, 0.2) is 11.8 Å². The van der Waals surface area contributed by atoms with E-state index in [1.54, 1.807) is 0 Å². The Balaban J connectivity index is 0.000000406. The molecule has 2 rings (SSSR count). The van der Waals surface area contributed by atoms with Crippen LogP contribution < -0.4 is 15.8 Å². The molecule has 0 aliphatic carbocycles. The number of allylic oxidation sites excluding steroid dienone is 2. The van der Waals surface area contributed by atoms with Gasteiger partial charge in [0.05, 0.1) is 11.4 Å². The summed E-state index contributed by atoms with van der Waals surface area (Å²) >= 11 is 0. The standard InChI is InChI=1S/C14H21N3.C4H8O/c1-6-8-12(15-5)9-14-11(4)17-16-10(3)13(14)7-2;1-2-4-5-3-1/h7-9,15H,6H2,1-5H3;1-4H2/b12-8-,13-7-,14-9-;. The van der Waals surface area contributed by atoms with E-state index in [2.05, 4.69) is 40.7 Å². The molecule has 1 aliphatic rings. The summed E-state index contributed by atoms with van der Waals surface area (Å²) in [5, 5.41) is 13.8. The van der Waals surface area contributed by atoms with E-state index in [0.29, 0.717) is 0 Å². The highest BCUT2D eigenvalue weighted by Gasteiger charge is 1.98. The fourth-order valence-electron chi connectivity index (χ4n) is 2.31. The summed E-state index contributed by atoms with van der Waals surface area (Å²) in [6.45, 7) is 10.1. The normalized spacial score (nSPS) is 16.5. The van der Waals surface area contributed by atoms with Crippen LogP contribution in [0.25, 0.3) is 12.2 Å². The smallest absolute Gasteiger partial charge is 0.0679 e. The maximum Gasteiger partial charge on any atom is 0.0679 e. The summed E-state index contributed by atoms with van der Waals surface area (Å²) in [5.74, 6) is 0. The van der Waals surface area contributed by atoms with Crippen molar-refractivity contribution in [2.75, 3.05) is 20.3 Å². The molecule has 2 heterocycles. The van der Waals surface area contributed by atoms with Crippen molar-refractivity contribution < 1.29 is 4.74 Å². The van der Waals surface area contributed by atoms with E-state index in [-0.39, 0.29) is 0 Å². The average Bonchev–Trinajstić information content (AvgIpc) is 3.10. The number of aromatic nitrogens is 2. The average molecular weight is 303 g/mol. The predicted octanol–water partition coefficient (Wildman–Crippen LogP) is 1.98. The van der Waals surface area contributed by atoms with Gasteiger partial charge in [0, 0.05) is 36.4 Å². The van der Waals surface area contributed by atoms with E-state index in [1.165, 1.54) is 12.8 Å². The lowest BCUT2D eigenvalue weighted by Crippen LogP contribution is -2.33. The number of hydrogen-bond acceptors (Lipinski definition) is 4. The van der Waals surface area contributed by atoms with Crippen LogP contribution in [-0.2, 0) is 4.74 Å². The van der Waals surface area contributed by atoms with E-state index in [4.69, 9.17) is 4.74 Å². The lowest BCUT2D eigenvalue weighted by Gasteiger charge is -2.03. The van der Waals surface area contributed by atoms with Crippen LogP contribution in [0.1, 0.15) is 44.5 Å². The molecule has 1 aromatic rings. The van der Waals surface area contributed by atoms with Crippen molar-refractivity contribution in [2.45, 2.75) is 47.0 Å². The Kier molecular flexibility index (Phi) is 8.44. The van der Waals surface area contributed by atoms with Crippen molar-refractivity contribution >= 4 is 12.2 Å². The number of rotatable bonds is 3. The van der Waals surface area contributed by atoms with Gasteiger partial charge < -0.3 is 10.1 Å². The summed E-state index contributed by atoms with van der Waals surface area (Å²) in [6, 6.07) is 0. The number of aryl methyl sites for hydroxylation is 2. The molecule has 22 heavy (non-hydrogen) atoms. The first kappa shape index (κ1) is 18.4. The van der Waals surface area contributed by atoms with Crippen molar-refractivity contribution in [2.24, 2.45) is 0 Å². The Morgan fingerprint density at radius 1 is 1.14 bits per heavy atom. The lowest BCUT2D eigenvalue weighted by atomic mass is 10.1. The molecule has 1 N–H and O–H groups in total. The Bertz CT molecular complexity index is 594. The van der Waals surface area contributed by atoms with Crippen molar-refractivity contribution in [1.82, 2.24) is 15.5 Å². The first-order valence-corrected chi connectivity index (χ1v) is 8.07. The maximum atomic E-state index is 4.94. The summed E-state index contributed by atoms with van der Waals surface area (Å²) in [5.41, 5.74) is 3.04. The fraction of sp³-hybridized carbons (Fsp3) is 0.556. The molecule has 4 nitrogen and oxygen atoms in total. The lowest BCUT2D eigenvalue weighted by molar-refractivity contribution is 0.198. The molecule has 0 spiro atoms. The highest BCUT2D eigenvalue weighted by atomic mass is 16.5. The summed E-state index contributed by atoms with van der Waals surface area (Å²) < 4.78 is 4.94. The van der Waals surface area contributed by atoms with Crippen molar-refractivity contribution in [3.63, 3.8) is 0 Å². The van der Waals surface area contributed by atoms with E-state index < -0.39 is 0 Å². The van der Waals surface area contributed by atoms with Crippen LogP contribution in [0.3, 0.4) is 0 Å². The van der Waals surface area contributed by atoms with Gasteiger partial charge in [0.1, 0.15) is 0 Å². The first-order valence-electron chi connectivity index (χ1n) is 8.07. The number of nitrogens with zero attached hydrogens (tertiary/aromatic N) is 2. The van der Waals surface area contributed by atoms with Gasteiger partial charge in [0.2, 0.25) is 0 Å². The van der Waals surface area contributed by atoms with Gasteiger partial charge in [-0.15, -0.1) is 0 Å². The largest absolute Gasteiger partial charge is 0.388 e. The molecule has 0 radical (unpaired) electrons. The Morgan fingerprint density at radius 2 is 1.73 bits per heavy atom. The van der Waals surface area contributed by atoms with Crippen LogP contribution in [0.5, 0.6) is 0 Å². The van der Waals surface area contributed by atoms with Crippen LogP contribution in [0.4, 0.5) is 0 Å². The molecule has 122 valence electrons. The van der Waals surface area contributed by atoms with E-state index >= 15 is 0 Å². The van der Waals surface area contributed by atoms with E-state index in [1.807, 2.05) is 27.8 Å². The molecule has 0 saturated carbocycles. The summed E-state index contributed by atoms with van der Waals surface area (Å²) in [6.07, 6.45) is 9.95. The topological polar surface area (TPSA) is 47.0 Å². The molecule has 0 amide bonds. The third-order valence-corrected chi connectivity index (χ3v) is 3.55. The zero-order chi connectivity index (χ0) is 16.4. The number of nitrogens with one attached hydrogen (secondary N) is 1. The zero-order valence-electron chi connectivity index (χ0n) is 14.6. The van der Waals surface area contributed by atoms with Gasteiger partial charge in [-0.3, -0.25) is 0 Å². The minimum atomic E-state index is 0.959. The van der Waals surface area contributed by atoms with Crippen LogP contribution in [0, 0.1) is 13.8 Å². The Morgan fingerprint density at radius 3 is 2.14 bits per heavy atom. The zero-order valence-corrected chi connectivity index (χ0v) is 14.6. The second-order valence-corrected chi connectivity index (χ2v) is 5.27. The van der Waals surface area contributed by atoms with Gasteiger partial charge in [-0.25, -0.2) is 0 Å². The molecule has 1 fully saturated rings. The van der Waals surface area contributed by atoms with Crippen molar-refractivity contribution in [3.8, 4) is 0 Å². The second-order valence-electron chi connectivity index (χ2n) is 5.27. The molecular formula is C18H29N3O. The minimum absolute atomic E-state index is 0.959. The van der Waals surface area contributed by atoms with Gasteiger partial charge in [-0.1, -0.05) is 19.1 Å². The van der Waals surface area contributed by atoms with Crippen LogP contribution in [-0.4, -0.2) is 30.5 Å². The first-order chi connectivity index (χ1) is 10.6. The fourth-order valence-corrected chi connectivity index (χ4v) is 2.31. The second kappa shape index (κ2) is 10.1. The third kappa shape index (κ3) is 5.60. The van der Waals surface area contributed by atoms with Gasteiger partial charge in [-0.05, 0) is 46.1 Å². The highest BCUT2D eigenvalue weighted by Crippen LogP contribution is 1.98. The monoisotopic (exact) mass is 303 g/mol. The number of ether oxygens (including phenoxy) is 1. The molecule has 0 aromatic carbocycles. The summed E-state index contributed by atoms with van der Waals surface area (Å²) in [4.78, 5) is 0. The minimum Gasteiger partial charge on any atom is -0.388 e.